The lowest BCUT2D eigenvalue weighted by molar-refractivity contribution is -0.119. The van der Waals surface area contributed by atoms with E-state index in [4.69, 9.17) is 21.1 Å². The fourth-order valence-corrected chi connectivity index (χ4v) is 4.40. The van der Waals surface area contributed by atoms with Gasteiger partial charge in [0.2, 0.25) is 0 Å². The highest BCUT2D eigenvalue weighted by molar-refractivity contribution is 7.17. The van der Waals surface area contributed by atoms with E-state index in [0.717, 1.165) is 35.8 Å². The number of fused-ring (bicyclic) bond motifs is 1. The second kappa shape index (κ2) is 8.06. The zero-order valence-corrected chi connectivity index (χ0v) is 15.8. The summed E-state index contributed by atoms with van der Waals surface area (Å²) < 4.78 is 23.3. The lowest BCUT2D eigenvalue weighted by Gasteiger charge is -2.09. The van der Waals surface area contributed by atoms with Crippen LogP contribution >= 0.6 is 22.9 Å². The van der Waals surface area contributed by atoms with E-state index in [2.05, 4.69) is 5.32 Å². The number of methoxy groups -OCH3 is 1. The zero-order valence-electron chi connectivity index (χ0n) is 14.3. The Bertz CT molecular complexity index is 906. The molecule has 27 heavy (non-hydrogen) atoms. The largest absolute Gasteiger partial charge is 0.465 e. The van der Waals surface area contributed by atoms with Crippen molar-refractivity contribution in [3.63, 3.8) is 0 Å². The third kappa shape index (κ3) is 3.96. The molecule has 1 heterocycles. The number of amides is 1. The molecule has 1 N–H and O–H groups in total. The summed E-state index contributed by atoms with van der Waals surface area (Å²) in [6, 6.07) is 3.76. The predicted molar refractivity (Wildman–Crippen MR) is 98.0 cm³/mol. The summed E-state index contributed by atoms with van der Waals surface area (Å²) in [5.74, 6) is -3.06. The summed E-state index contributed by atoms with van der Waals surface area (Å²) in [5, 5.41) is 2.82. The van der Waals surface area contributed by atoms with Gasteiger partial charge >= 0.3 is 11.9 Å². The van der Waals surface area contributed by atoms with E-state index in [1.165, 1.54) is 30.6 Å². The van der Waals surface area contributed by atoms with Crippen LogP contribution in [0.15, 0.2) is 18.2 Å². The normalized spacial score (nSPS) is 12.4. The third-order valence-electron chi connectivity index (χ3n) is 4.07. The molecule has 2 aromatic rings. The maximum absolute atomic E-state index is 13.7. The summed E-state index contributed by atoms with van der Waals surface area (Å²) in [6.07, 6.45) is 2.52. The van der Waals surface area contributed by atoms with Crippen molar-refractivity contribution in [1.29, 1.82) is 0 Å². The summed E-state index contributed by atoms with van der Waals surface area (Å²) in [4.78, 5) is 37.2. The Hall–Kier alpha value is -2.45. The van der Waals surface area contributed by atoms with Gasteiger partial charge in [0.15, 0.2) is 6.61 Å². The van der Waals surface area contributed by atoms with Crippen LogP contribution in [0.1, 0.15) is 37.6 Å². The summed E-state index contributed by atoms with van der Waals surface area (Å²) >= 11 is 7.09. The summed E-state index contributed by atoms with van der Waals surface area (Å²) in [7, 11) is 1.27. The molecule has 0 bridgehead atoms. The van der Waals surface area contributed by atoms with Crippen LogP contribution in [0.3, 0.4) is 0 Å². The first-order valence-corrected chi connectivity index (χ1v) is 9.25. The molecule has 0 atom stereocenters. The number of esters is 2. The van der Waals surface area contributed by atoms with E-state index in [0.29, 0.717) is 10.6 Å². The second-order valence-corrected chi connectivity index (χ2v) is 7.29. The van der Waals surface area contributed by atoms with E-state index >= 15 is 0 Å². The van der Waals surface area contributed by atoms with Crippen molar-refractivity contribution in [2.24, 2.45) is 0 Å². The Morgan fingerprint density at radius 3 is 2.70 bits per heavy atom. The van der Waals surface area contributed by atoms with Gasteiger partial charge in [-0.1, -0.05) is 17.7 Å². The topological polar surface area (TPSA) is 81.7 Å². The van der Waals surface area contributed by atoms with Crippen LogP contribution in [-0.4, -0.2) is 31.6 Å². The quantitative estimate of drug-likeness (QED) is 0.760. The number of benzene rings is 1. The second-order valence-electron chi connectivity index (χ2n) is 5.77. The number of aryl methyl sites for hydroxylation is 1. The average Bonchev–Trinajstić information content (AvgIpc) is 3.20. The molecule has 0 radical (unpaired) electrons. The van der Waals surface area contributed by atoms with Gasteiger partial charge in [-0.05, 0) is 37.0 Å². The zero-order chi connectivity index (χ0) is 19.6. The van der Waals surface area contributed by atoms with Crippen LogP contribution in [0.2, 0.25) is 5.02 Å². The number of anilines is 1. The van der Waals surface area contributed by atoms with Gasteiger partial charge in [-0.2, -0.15) is 0 Å². The molecule has 1 aliphatic rings. The maximum Gasteiger partial charge on any atom is 0.343 e. The van der Waals surface area contributed by atoms with E-state index in [-0.39, 0.29) is 5.02 Å². The minimum Gasteiger partial charge on any atom is -0.465 e. The number of halogens is 2. The molecule has 1 aliphatic carbocycles. The highest BCUT2D eigenvalue weighted by Crippen LogP contribution is 2.39. The first-order chi connectivity index (χ1) is 12.9. The van der Waals surface area contributed by atoms with Crippen molar-refractivity contribution >= 4 is 45.8 Å². The highest BCUT2D eigenvalue weighted by atomic mass is 35.5. The Morgan fingerprint density at radius 1 is 1.22 bits per heavy atom. The summed E-state index contributed by atoms with van der Waals surface area (Å²) in [5.41, 5.74) is 0.793. The van der Waals surface area contributed by atoms with Crippen LogP contribution in [0.25, 0.3) is 0 Å². The predicted octanol–water partition coefficient (Wildman–Crippen LogP) is 3.61. The van der Waals surface area contributed by atoms with Gasteiger partial charge in [-0.3, -0.25) is 4.79 Å². The van der Waals surface area contributed by atoms with E-state index in [1.807, 2.05) is 0 Å². The van der Waals surface area contributed by atoms with Gasteiger partial charge in [0.05, 0.1) is 17.7 Å². The Labute approximate surface area is 163 Å². The third-order valence-corrected chi connectivity index (χ3v) is 5.59. The molecule has 0 unspecified atom stereocenters. The van der Waals surface area contributed by atoms with Gasteiger partial charge in [-0.15, -0.1) is 11.3 Å². The first-order valence-electron chi connectivity index (χ1n) is 8.06. The van der Waals surface area contributed by atoms with E-state index in [9.17, 15) is 18.8 Å². The number of hydrogen-bond acceptors (Lipinski definition) is 6. The molecule has 1 amide bonds. The standard InChI is InChI=1S/C18H15ClFNO5S/c1-25-17(23)14-9-4-2-7-12(9)27-16(14)21-13(22)8-26-18(24)15-10(19)5-3-6-11(15)20/h3,5-6H,2,4,7-8H2,1H3,(H,21,22). The number of carbonyl (C=O) groups excluding carboxylic acids is 3. The number of nitrogens with one attached hydrogen (secondary N) is 1. The lowest BCUT2D eigenvalue weighted by atomic mass is 10.1. The molecule has 0 aliphatic heterocycles. The van der Waals surface area contributed by atoms with Crippen LogP contribution in [0.4, 0.5) is 9.39 Å². The van der Waals surface area contributed by atoms with E-state index < -0.39 is 35.8 Å². The van der Waals surface area contributed by atoms with Gasteiger partial charge in [0, 0.05) is 4.88 Å². The number of carbonyl (C=O) groups is 3. The van der Waals surface area contributed by atoms with Crippen molar-refractivity contribution in [3.8, 4) is 0 Å². The Kier molecular flexibility index (Phi) is 5.76. The number of hydrogen-bond donors (Lipinski definition) is 1. The molecule has 142 valence electrons. The van der Waals surface area contributed by atoms with Crippen molar-refractivity contribution in [1.82, 2.24) is 0 Å². The van der Waals surface area contributed by atoms with Crippen LogP contribution in [0, 0.1) is 5.82 Å². The minimum absolute atomic E-state index is 0.108. The van der Waals surface area contributed by atoms with Gasteiger partial charge in [0.25, 0.3) is 5.91 Å². The van der Waals surface area contributed by atoms with Crippen LogP contribution in [0.5, 0.6) is 0 Å². The van der Waals surface area contributed by atoms with Crippen molar-refractivity contribution in [3.05, 3.63) is 50.6 Å². The Balaban J connectivity index is 1.68. The molecule has 9 heteroatoms. The molecule has 1 aromatic carbocycles. The van der Waals surface area contributed by atoms with E-state index in [1.54, 1.807) is 0 Å². The average molecular weight is 412 g/mol. The molecule has 0 saturated carbocycles. The molecule has 0 saturated heterocycles. The van der Waals surface area contributed by atoms with Gasteiger partial charge in [0.1, 0.15) is 16.4 Å². The van der Waals surface area contributed by atoms with Crippen LogP contribution in [-0.2, 0) is 27.1 Å². The smallest absolute Gasteiger partial charge is 0.343 e. The SMILES string of the molecule is COC(=O)c1c(NC(=O)COC(=O)c2c(F)cccc2Cl)sc2c1CCC2. The molecule has 1 aromatic heterocycles. The monoisotopic (exact) mass is 411 g/mol. The number of thiophene rings is 1. The fourth-order valence-electron chi connectivity index (χ4n) is 2.87. The van der Waals surface area contributed by atoms with Crippen molar-refractivity contribution < 1.29 is 28.2 Å². The molecule has 0 spiro atoms. The number of ether oxygens (including phenoxy) is 2. The minimum atomic E-state index is -1.05. The molecule has 0 fully saturated rings. The first kappa shape index (κ1) is 19.3. The maximum atomic E-state index is 13.7. The highest BCUT2D eigenvalue weighted by Gasteiger charge is 2.28. The number of rotatable bonds is 5. The molecular formula is C18H15ClFNO5S. The molecule has 3 rings (SSSR count). The molecule has 6 nitrogen and oxygen atoms in total. The van der Waals surface area contributed by atoms with Gasteiger partial charge in [-0.25, -0.2) is 14.0 Å². The Morgan fingerprint density at radius 2 is 2.00 bits per heavy atom. The summed E-state index contributed by atoms with van der Waals surface area (Å²) in [6.45, 7) is -0.646. The van der Waals surface area contributed by atoms with Crippen LogP contribution < -0.4 is 5.32 Å². The van der Waals surface area contributed by atoms with Crippen molar-refractivity contribution in [2.45, 2.75) is 19.3 Å². The fraction of sp³-hybridized carbons (Fsp3) is 0.278. The van der Waals surface area contributed by atoms with Crippen molar-refractivity contribution in [2.75, 3.05) is 19.0 Å². The van der Waals surface area contributed by atoms with Gasteiger partial charge < -0.3 is 14.8 Å². The molecular weight excluding hydrogens is 397 g/mol. The lowest BCUT2D eigenvalue weighted by Crippen LogP contribution is -2.22.